The number of nitrogen functional groups attached to an aromatic ring is 1. The van der Waals surface area contributed by atoms with Gasteiger partial charge >= 0.3 is 0 Å². The Morgan fingerprint density at radius 2 is 1.95 bits per heavy atom. The van der Waals surface area contributed by atoms with Crippen LogP contribution >= 0.6 is 15.9 Å². The summed E-state index contributed by atoms with van der Waals surface area (Å²) in [5.41, 5.74) is 9.23. The number of aryl methyl sites for hydroxylation is 1. The summed E-state index contributed by atoms with van der Waals surface area (Å²) in [5.74, 6) is 0.522. The van der Waals surface area contributed by atoms with E-state index >= 15 is 0 Å². The molecular weight excluding hydrogens is 318 g/mol. The van der Waals surface area contributed by atoms with Crippen molar-refractivity contribution in [1.82, 2.24) is 0 Å². The Kier molecular flexibility index (Phi) is 4.14. The van der Waals surface area contributed by atoms with E-state index in [0.717, 1.165) is 15.6 Å². The Hall–Kier alpha value is -1.81. The van der Waals surface area contributed by atoms with E-state index in [1.807, 2.05) is 19.9 Å². The normalized spacial score (nSPS) is 10.4. The molecule has 0 heterocycles. The lowest BCUT2D eigenvalue weighted by molar-refractivity contribution is 0.103. The first-order chi connectivity index (χ1) is 9.45. The molecule has 0 saturated carbocycles. The fourth-order valence-electron chi connectivity index (χ4n) is 2.21. The molecule has 20 heavy (non-hydrogen) atoms. The van der Waals surface area contributed by atoms with Crippen LogP contribution < -0.4 is 10.5 Å². The zero-order valence-electron chi connectivity index (χ0n) is 11.7. The van der Waals surface area contributed by atoms with Crippen LogP contribution in [0.1, 0.15) is 27.0 Å². The van der Waals surface area contributed by atoms with Crippen molar-refractivity contribution in [2.24, 2.45) is 0 Å². The number of nitrogens with two attached hydrogens (primary N) is 1. The van der Waals surface area contributed by atoms with E-state index in [1.165, 1.54) is 0 Å². The van der Waals surface area contributed by atoms with Crippen LogP contribution in [-0.2, 0) is 0 Å². The summed E-state index contributed by atoms with van der Waals surface area (Å²) in [4.78, 5) is 12.7. The van der Waals surface area contributed by atoms with Gasteiger partial charge in [-0.3, -0.25) is 4.79 Å². The zero-order valence-corrected chi connectivity index (χ0v) is 13.2. The first kappa shape index (κ1) is 14.6. The maximum atomic E-state index is 12.7. The summed E-state index contributed by atoms with van der Waals surface area (Å²) in [6.07, 6.45) is 0. The minimum absolute atomic E-state index is 0.0870. The van der Waals surface area contributed by atoms with Gasteiger partial charge < -0.3 is 10.5 Å². The van der Waals surface area contributed by atoms with Gasteiger partial charge in [0.25, 0.3) is 0 Å². The third-order valence-electron chi connectivity index (χ3n) is 3.24. The van der Waals surface area contributed by atoms with Gasteiger partial charge in [-0.1, -0.05) is 28.1 Å². The van der Waals surface area contributed by atoms with E-state index in [4.69, 9.17) is 10.5 Å². The van der Waals surface area contributed by atoms with Crippen molar-refractivity contribution in [3.63, 3.8) is 0 Å². The molecule has 2 aromatic rings. The number of anilines is 1. The molecule has 0 unspecified atom stereocenters. The van der Waals surface area contributed by atoms with Crippen LogP contribution in [0.3, 0.4) is 0 Å². The quantitative estimate of drug-likeness (QED) is 0.684. The van der Waals surface area contributed by atoms with Gasteiger partial charge in [0.1, 0.15) is 5.75 Å². The molecule has 0 amide bonds. The summed E-state index contributed by atoms with van der Waals surface area (Å²) in [6.45, 7) is 3.81. The van der Waals surface area contributed by atoms with E-state index in [2.05, 4.69) is 15.9 Å². The number of halogens is 1. The molecule has 0 aromatic heterocycles. The smallest absolute Gasteiger partial charge is 0.197 e. The Labute approximate surface area is 126 Å². The lowest BCUT2D eigenvalue weighted by atomic mass is 9.95. The second kappa shape index (κ2) is 5.67. The number of benzene rings is 2. The van der Waals surface area contributed by atoms with Crippen LogP contribution in [0, 0.1) is 13.8 Å². The number of hydrogen-bond donors (Lipinski definition) is 1. The molecule has 0 spiro atoms. The zero-order chi connectivity index (χ0) is 14.9. The van der Waals surface area contributed by atoms with Crippen molar-refractivity contribution < 1.29 is 9.53 Å². The molecular formula is C16H16BrNO2. The molecule has 2 rings (SSSR count). The van der Waals surface area contributed by atoms with Gasteiger partial charge in [0.2, 0.25) is 0 Å². The Balaban J connectivity index is 2.65. The third-order valence-corrected chi connectivity index (χ3v) is 4.07. The number of carbonyl (C=O) groups is 1. The summed E-state index contributed by atoms with van der Waals surface area (Å²) in [6, 6.07) is 8.91. The highest BCUT2D eigenvalue weighted by Crippen LogP contribution is 2.34. The molecule has 0 aliphatic rings. The number of methoxy groups -OCH3 is 1. The van der Waals surface area contributed by atoms with Crippen LogP contribution in [0.5, 0.6) is 5.75 Å². The largest absolute Gasteiger partial charge is 0.496 e. The number of carbonyl (C=O) groups excluding carboxylic acids is 1. The number of hydrogen-bond acceptors (Lipinski definition) is 3. The van der Waals surface area contributed by atoms with E-state index in [0.29, 0.717) is 22.6 Å². The highest BCUT2D eigenvalue weighted by Gasteiger charge is 2.21. The van der Waals surface area contributed by atoms with Gasteiger partial charge in [0, 0.05) is 15.7 Å². The number of rotatable bonds is 3. The van der Waals surface area contributed by atoms with Gasteiger partial charge in [0.05, 0.1) is 12.7 Å². The van der Waals surface area contributed by atoms with Crippen molar-refractivity contribution in [2.75, 3.05) is 12.8 Å². The molecule has 0 radical (unpaired) electrons. The summed E-state index contributed by atoms with van der Waals surface area (Å²) in [7, 11) is 1.58. The minimum atomic E-state index is -0.0870. The van der Waals surface area contributed by atoms with Gasteiger partial charge in [0.15, 0.2) is 5.78 Å². The van der Waals surface area contributed by atoms with Crippen molar-refractivity contribution in [2.45, 2.75) is 13.8 Å². The van der Waals surface area contributed by atoms with Crippen LogP contribution in [0.25, 0.3) is 0 Å². The summed E-state index contributed by atoms with van der Waals surface area (Å²) in [5, 5.41) is 0. The topological polar surface area (TPSA) is 52.3 Å². The highest BCUT2D eigenvalue weighted by atomic mass is 79.9. The monoisotopic (exact) mass is 333 g/mol. The first-order valence-electron chi connectivity index (χ1n) is 6.19. The highest BCUT2D eigenvalue weighted by molar-refractivity contribution is 9.10. The molecule has 104 valence electrons. The molecule has 0 aliphatic carbocycles. The summed E-state index contributed by atoms with van der Waals surface area (Å²) >= 11 is 3.48. The fraction of sp³-hybridized carbons (Fsp3) is 0.188. The molecule has 2 aromatic carbocycles. The van der Waals surface area contributed by atoms with Crippen molar-refractivity contribution >= 4 is 27.4 Å². The van der Waals surface area contributed by atoms with Gasteiger partial charge in [-0.2, -0.15) is 0 Å². The van der Waals surface area contributed by atoms with Crippen LogP contribution in [-0.4, -0.2) is 12.9 Å². The fourth-order valence-corrected chi connectivity index (χ4v) is 2.75. The molecule has 0 bridgehead atoms. The number of ether oxygens (including phenoxy) is 1. The maximum Gasteiger partial charge on any atom is 0.197 e. The summed E-state index contributed by atoms with van der Waals surface area (Å²) < 4.78 is 6.30. The molecule has 2 N–H and O–H groups in total. The maximum absolute atomic E-state index is 12.7. The lowest BCUT2D eigenvalue weighted by Gasteiger charge is -2.15. The Morgan fingerprint density at radius 1 is 1.25 bits per heavy atom. The van der Waals surface area contributed by atoms with E-state index in [1.54, 1.807) is 31.4 Å². The molecule has 0 aliphatic heterocycles. The van der Waals surface area contributed by atoms with Crippen LogP contribution in [0.2, 0.25) is 0 Å². The van der Waals surface area contributed by atoms with Crippen molar-refractivity contribution in [3.8, 4) is 5.75 Å². The Bertz CT molecular complexity index is 680. The molecule has 4 heteroatoms. The van der Waals surface area contributed by atoms with Gasteiger partial charge in [-0.15, -0.1) is 0 Å². The molecule has 0 saturated heterocycles. The average Bonchev–Trinajstić information content (AvgIpc) is 2.41. The molecule has 0 atom stereocenters. The van der Waals surface area contributed by atoms with E-state index < -0.39 is 0 Å². The molecule has 3 nitrogen and oxygen atoms in total. The SMILES string of the molecule is COc1c(C)cc(Br)c(C)c1C(=O)c1cccc(N)c1. The van der Waals surface area contributed by atoms with Crippen molar-refractivity contribution in [1.29, 1.82) is 0 Å². The average molecular weight is 334 g/mol. The predicted octanol–water partition coefficient (Wildman–Crippen LogP) is 3.89. The van der Waals surface area contributed by atoms with E-state index in [9.17, 15) is 4.79 Å². The number of ketones is 1. The van der Waals surface area contributed by atoms with Crippen LogP contribution in [0.15, 0.2) is 34.8 Å². The minimum Gasteiger partial charge on any atom is -0.496 e. The first-order valence-corrected chi connectivity index (χ1v) is 6.99. The van der Waals surface area contributed by atoms with Crippen LogP contribution in [0.4, 0.5) is 5.69 Å². The second-order valence-corrected chi connectivity index (χ2v) is 5.52. The standard InChI is InChI=1S/C16H16BrNO2/c1-9-7-13(17)10(2)14(16(9)20-3)15(19)11-5-4-6-12(18)8-11/h4-8H,18H2,1-3H3. The third kappa shape index (κ3) is 2.56. The predicted molar refractivity (Wildman–Crippen MR) is 84.5 cm³/mol. The van der Waals surface area contributed by atoms with Crippen molar-refractivity contribution in [3.05, 3.63) is 57.1 Å². The van der Waals surface area contributed by atoms with Gasteiger partial charge in [-0.25, -0.2) is 0 Å². The Morgan fingerprint density at radius 3 is 2.55 bits per heavy atom. The van der Waals surface area contributed by atoms with Gasteiger partial charge in [-0.05, 0) is 43.2 Å². The second-order valence-electron chi connectivity index (χ2n) is 4.66. The molecule has 0 fully saturated rings. The lowest BCUT2D eigenvalue weighted by Crippen LogP contribution is -2.08. The van der Waals surface area contributed by atoms with E-state index in [-0.39, 0.29) is 5.78 Å².